The van der Waals surface area contributed by atoms with Crippen LogP contribution in [-0.2, 0) is 13.0 Å². The molecule has 100 valence electrons. The molecule has 0 saturated heterocycles. The van der Waals surface area contributed by atoms with Gasteiger partial charge in [-0.25, -0.2) is 4.79 Å². The number of amides is 1. The Labute approximate surface area is 113 Å². The van der Waals surface area contributed by atoms with E-state index in [-0.39, 0.29) is 11.3 Å². The zero-order valence-corrected chi connectivity index (χ0v) is 11.1. The smallest absolute Gasteiger partial charge is 0.338 e. The molecule has 2 aromatic rings. The number of carbonyl (C=O) groups excluding carboxylic acids is 1. The van der Waals surface area contributed by atoms with Crippen molar-refractivity contribution >= 4 is 23.2 Å². The van der Waals surface area contributed by atoms with Crippen molar-refractivity contribution < 1.29 is 19.1 Å². The van der Waals surface area contributed by atoms with E-state index in [1.54, 1.807) is 11.3 Å². The largest absolute Gasteiger partial charge is 0.478 e. The minimum atomic E-state index is -1.12. The van der Waals surface area contributed by atoms with Crippen LogP contribution in [0.15, 0.2) is 28.2 Å². The molecule has 0 atom stereocenters. The zero-order valence-electron chi connectivity index (χ0n) is 10.3. The molecular formula is C13H13NO4S. The molecule has 19 heavy (non-hydrogen) atoms. The summed E-state index contributed by atoms with van der Waals surface area (Å²) in [4.78, 5) is 23.6. The summed E-state index contributed by atoms with van der Waals surface area (Å²) < 4.78 is 4.92. The molecule has 2 N–H and O–H groups in total. The quantitative estimate of drug-likeness (QED) is 0.881. The van der Waals surface area contributed by atoms with Gasteiger partial charge in [0, 0.05) is 10.9 Å². The van der Waals surface area contributed by atoms with E-state index < -0.39 is 11.9 Å². The van der Waals surface area contributed by atoms with Crippen LogP contribution in [0.5, 0.6) is 0 Å². The van der Waals surface area contributed by atoms with Crippen LogP contribution >= 0.6 is 11.3 Å². The summed E-state index contributed by atoms with van der Waals surface area (Å²) in [5.41, 5.74) is 1.17. The van der Waals surface area contributed by atoms with Gasteiger partial charge in [0.05, 0.1) is 12.1 Å². The second-order valence-electron chi connectivity index (χ2n) is 3.91. The van der Waals surface area contributed by atoms with Gasteiger partial charge in [-0.1, -0.05) is 6.92 Å². The molecule has 5 nitrogen and oxygen atoms in total. The van der Waals surface area contributed by atoms with Crippen molar-refractivity contribution in [1.82, 2.24) is 5.32 Å². The number of aromatic carboxylic acids is 1. The summed E-state index contributed by atoms with van der Waals surface area (Å²) in [5, 5.41) is 13.4. The van der Waals surface area contributed by atoms with Crippen LogP contribution in [-0.4, -0.2) is 17.0 Å². The van der Waals surface area contributed by atoms with Crippen LogP contribution in [0.1, 0.15) is 38.3 Å². The van der Waals surface area contributed by atoms with Gasteiger partial charge < -0.3 is 14.8 Å². The van der Waals surface area contributed by atoms with Crippen molar-refractivity contribution in [3.63, 3.8) is 0 Å². The fourth-order valence-corrected chi connectivity index (χ4v) is 2.57. The van der Waals surface area contributed by atoms with Crippen LogP contribution < -0.4 is 5.32 Å². The summed E-state index contributed by atoms with van der Waals surface area (Å²) in [6.07, 6.45) is 1.97. The highest BCUT2D eigenvalue weighted by molar-refractivity contribution is 7.10. The SMILES string of the molecule is CCc1ccsc1CNC(=O)c1cc(C(=O)O)co1. The van der Waals surface area contributed by atoms with Gasteiger partial charge in [0.1, 0.15) is 6.26 Å². The zero-order chi connectivity index (χ0) is 13.8. The second-order valence-corrected chi connectivity index (χ2v) is 4.91. The van der Waals surface area contributed by atoms with Gasteiger partial charge in [0.15, 0.2) is 5.76 Å². The Morgan fingerprint density at radius 1 is 1.47 bits per heavy atom. The third-order valence-corrected chi connectivity index (χ3v) is 3.66. The van der Waals surface area contributed by atoms with Crippen LogP contribution in [0.4, 0.5) is 0 Å². The highest BCUT2D eigenvalue weighted by atomic mass is 32.1. The van der Waals surface area contributed by atoms with Crippen LogP contribution in [0.25, 0.3) is 0 Å². The molecule has 0 spiro atoms. The molecule has 0 aliphatic rings. The number of nitrogens with one attached hydrogen (secondary N) is 1. The number of thiophene rings is 1. The van der Waals surface area contributed by atoms with Crippen molar-refractivity contribution in [3.05, 3.63) is 45.5 Å². The molecule has 0 aliphatic heterocycles. The fraction of sp³-hybridized carbons (Fsp3) is 0.231. The first-order valence-corrected chi connectivity index (χ1v) is 6.65. The summed E-state index contributed by atoms with van der Waals surface area (Å²) in [7, 11) is 0. The average molecular weight is 279 g/mol. The maximum absolute atomic E-state index is 11.8. The van der Waals surface area contributed by atoms with E-state index in [0.717, 1.165) is 17.6 Å². The molecule has 2 aromatic heterocycles. The summed E-state index contributed by atoms with van der Waals surface area (Å²) >= 11 is 1.58. The van der Waals surface area contributed by atoms with Gasteiger partial charge >= 0.3 is 5.97 Å². The minimum Gasteiger partial charge on any atom is -0.478 e. The van der Waals surface area contributed by atoms with Crippen molar-refractivity contribution in [3.8, 4) is 0 Å². The Morgan fingerprint density at radius 3 is 2.89 bits per heavy atom. The lowest BCUT2D eigenvalue weighted by Gasteiger charge is -2.03. The monoisotopic (exact) mass is 279 g/mol. The van der Waals surface area contributed by atoms with Gasteiger partial charge in [0.25, 0.3) is 5.91 Å². The number of carbonyl (C=O) groups is 2. The topological polar surface area (TPSA) is 79.5 Å². The number of hydrogen-bond donors (Lipinski definition) is 2. The van der Waals surface area contributed by atoms with Crippen molar-refractivity contribution in [2.24, 2.45) is 0 Å². The molecule has 0 saturated carbocycles. The molecule has 0 fully saturated rings. The molecule has 2 rings (SSSR count). The van der Waals surface area contributed by atoms with Crippen LogP contribution in [0.3, 0.4) is 0 Å². The first-order valence-electron chi connectivity index (χ1n) is 5.77. The van der Waals surface area contributed by atoms with Crippen LogP contribution in [0.2, 0.25) is 0 Å². The third kappa shape index (κ3) is 3.03. The molecule has 0 aliphatic carbocycles. The van der Waals surface area contributed by atoms with Crippen molar-refractivity contribution in [1.29, 1.82) is 0 Å². The maximum atomic E-state index is 11.8. The van der Waals surface area contributed by atoms with E-state index in [9.17, 15) is 9.59 Å². The molecular weight excluding hydrogens is 266 g/mol. The maximum Gasteiger partial charge on any atom is 0.338 e. The standard InChI is InChI=1S/C13H13NO4S/c1-2-8-3-4-19-11(8)6-14-12(15)10-5-9(7-18-10)13(16)17/h3-5,7H,2,6H2,1H3,(H,14,15)(H,16,17). The summed E-state index contributed by atoms with van der Waals surface area (Å²) in [5.74, 6) is -1.52. The number of carboxylic acids is 1. The van der Waals surface area contributed by atoms with Gasteiger partial charge in [-0.2, -0.15) is 0 Å². The predicted molar refractivity (Wildman–Crippen MR) is 70.5 cm³/mol. The van der Waals surface area contributed by atoms with Crippen molar-refractivity contribution in [2.75, 3.05) is 0 Å². The molecule has 0 unspecified atom stereocenters. The minimum absolute atomic E-state index is 0.00649. The van der Waals surface area contributed by atoms with E-state index in [0.29, 0.717) is 6.54 Å². The highest BCUT2D eigenvalue weighted by Gasteiger charge is 2.14. The number of furan rings is 1. The van der Waals surface area contributed by atoms with Gasteiger partial charge in [-0.05, 0) is 23.4 Å². The molecule has 1 amide bonds. The summed E-state index contributed by atoms with van der Waals surface area (Å²) in [6, 6.07) is 3.24. The third-order valence-electron chi connectivity index (χ3n) is 2.70. The Balaban J connectivity index is 1.99. The molecule has 0 radical (unpaired) electrons. The fourth-order valence-electron chi connectivity index (χ4n) is 1.65. The lowest BCUT2D eigenvalue weighted by Crippen LogP contribution is -2.22. The van der Waals surface area contributed by atoms with E-state index in [1.165, 1.54) is 11.6 Å². The number of aryl methyl sites for hydroxylation is 1. The Bertz CT molecular complexity index is 599. The Hall–Kier alpha value is -2.08. The number of rotatable bonds is 5. The lowest BCUT2D eigenvalue weighted by atomic mass is 10.2. The molecule has 2 heterocycles. The van der Waals surface area contributed by atoms with E-state index >= 15 is 0 Å². The lowest BCUT2D eigenvalue weighted by molar-refractivity contribution is 0.0696. The molecule has 0 bridgehead atoms. The average Bonchev–Trinajstić information content (AvgIpc) is 3.04. The Kier molecular flexibility index (Phi) is 4.01. The molecule has 6 heteroatoms. The van der Waals surface area contributed by atoms with E-state index in [2.05, 4.69) is 12.2 Å². The summed E-state index contributed by atoms with van der Waals surface area (Å²) in [6.45, 7) is 2.47. The van der Waals surface area contributed by atoms with E-state index in [4.69, 9.17) is 9.52 Å². The first-order chi connectivity index (χ1) is 9.11. The first kappa shape index (κ1) is 13.4. The van der Waals surface area contributed by atoms with Crippen molar-refractivity contribution in [2.45, 2.75) is 19.9 Å². The van der Waals surface area contributed by atoms with Gasteiger partial charge in [-0.3, -0.25) is 4.79 Å². The van der Waals surface area contributed by atoms with Crippen LogP contribution in [0, 0.1) is 0 Å². The predicted octanol–water partition coefficient (Wildman–Crippen LogP) is 2.53. The van der Waals surface area contributed by atoms with Gasteiger partial charge in [-0.15, -0.1) is 11.3 Å². The molecule has 0 aromatic carbocycles. The Morgan fingerprint density at radius 2 is 2.26 bits per heavy atom. The van der Waals surface area contributed by atoms with Gasteiger partial charge in [0.2, 0.25) is 0 Å². The van der Waals surface area contributed by atoms with E-state index in [1.807, 2.05) is 11.4 Å². The number of hydrogen-bond acceptors (Lipinski definition) is 4. The number of carboxylic acid groups (broad SMARTS) is 1. The highest BCUT2D eigenvalue weighted by Crippen LogP contribution is 2.17. The normalized spacial score (nSPS) is 10.4. The second kappa shape index (κ2) is 5.71.